The van der Waals surface area contributed by atoms with Gasteiger partial charge < -0.3 is 20.3 Å². The van der Waals surface area contributed by atoms with Crippen LogP contribution >= 0.6 is 0 Å². The maximum Gasteiger partial charge on any atom is 0.133 e. The minimum absolute atomic E-state index is 0.147. The van der Waals surface area contributed by atoms with Crippen LogP contribution in [0.25, 0.3) is 0 Å². The summed E-state index contributed by atoms with van der Waals surface area (Å²) in [5, 5.41) is 10.9. The Morgan fingerprint density at radius 1 is 1.58 bits per heavy atom. The topological polar surface area (TPSA) is 64.7 Å². The highest BCUT2D eigenvalue weighted by Crippen LogP contribution is 2.48. The molecule has 0 amide bonds. The van der Waals surface area contributed by atoms with E-state index in [0.29, 0.717) is 25.4 Å². The Labute approximate surface area is 112 Å². The third kappa shape index (κ3) is 2.12. The van der Waals surface area contributed by atoms with Crippen molar-refractivity contribution in [3.05, 3.63) is 29.6 Å². The zero-order valence-electron chi connectivity index (χ0n) is 11.3. The molecule has 1 saturated heterocycles. The largest absolute Gasteiger partial charge is 0.496 e. The summed E-state index contributed by atoms with van der Waals surface area (Å²) in [5.74, 6) is -0.172. The van der Waals surface area contributed by atoms with Crippen LogP contribution in [0.4, 0.5) is 4.39 Å². The molecule has 1 aromatic carbocycles. The molecule has 3 N–H and O–H groups in total. The van der Waals surface area contributed by atoms with Crippen molar-refractivity contribution >= 4 is 0 Å². The molecule has 2 atom stereocenters. The number of ether oxygens (including phenoxy) is 2. The van der Waals surface area contributed by atoms with Gasteiger partial charge in [0.15, 0.2) is 0 Å². The molecule has 19 heavy (non-hydrogen) atoms. The summed E-state index contributed by atoms with van der Waals surface area (Å²) in [7, 11) is 1.45. The zero-order valence-corrected chi connectivity index (χ0v) is 11.3. The monoisotopic (exact) mass is 269 g/mol. The van der Waals surface area contributed by atoms with E-state index in [9.17, 15) is 9.50 Å². The average molecular weight is 269 g/mol. The van der Waals surface area contributed by atoms with Gasteiger partial charge in [-0.15, -0.1) is 0 Å². The molecule has 0 spiro atoms. The van der Waals surface area contributed by atoms with E-state index in [1.165, 1.54) is 13.2 Å². The first-order valence-corrected chi connectivity index (χ1v) is 6.32. The molecular weight excluding hydrogens is 249 g/mol. The van der Waals surface area contributed by atoms with E-state index in [0.717, 1.165) is 0 Å². The fraction of sp³-hybridized carbons (Fsp3) is 0.571. The quantitative estimate of drug-likeness (QED) is 0.867. The average Bonchev–Trinajstić information content (AvgIpc) is 2.88. The van der Waals surface area contributed by atoms with Gasteiger partial charge in [0.2, 0.25) is 0 Å². The molecule has 5 heteroatoms. The van der Waals surface area contributed by atoms with E-state index in [-0.39, 0.29) is 12.1 Å². The van der Waals surface area contributed by atoms with Gasteiger partial charge in [0, 0.05) is 18.6 Å². The van der Waals surface area contributed by atoms with Gasteiger partial charge in [0.1, 0.15) is 17.2 Å². The third-order valence-electron chi connectivity index (χ3n) is 4.21. The molecule has 1 aromatic rings. The molecule has 1 aliphatic rings. The molecule has 2 rings (SSSR count). The second-order valence-electron chi connectivity index (χ2n) is 5.18. The number of rotatable bonds is 4. The number of methoxy groups -OCH3 is 1. The SMILES string of the molecule is COc1cccc(F)c1C(C)(O)C1(CN)CCOC1. The van der Waals surface area contributed by atoms with Gasteiger partial charge in [-0.1, -0.05) is 6.07 Å². The van der Waals surface area contributed by atoms with Crippen molar-refractivity contribution in [2.45, 2.75) is 18.9 Å². The molecule has 1 fully saturated rings. The Hall–Kier alpha value is -1.17. The minimum Gasteiger partial charge on any atom is -0.496 e. The molecule has 0 aliphatic carbocycles. The lowest BCUT2D eigenvalue weighted by Gasteiger charge is -2.41. The lowest BCUT2D eigenvalue weighted by atomic mass is 9.68. The second kappa shape index (κ2) is 5.07. The summed E-state index contributed by atoms with van der Waals surface area (Å²) in [6, 6.07) is 4.49. The Morgan fingerprint density at radius 2 is 2.32 bits per heavy atom. The van der Waals surface area contributed by atoms with E-state index in [1.807, 2.05) is 0 Å². The summed E-state index contributed by atoms with van der Waals surface area (Å²) in [5.41, 5.74) is 3.84. The molecule has 0 bridgehead atoms. The molecular formula is C14H20FNO3. The Balaban J connectivity index is 2.55. The number of hydrogen-bond acceptors (Lipinski definition) is 4. The van der Waals surface area contributed by atoms with E-state index in [4.69, 9.17) is 15.2 Å². The smallest absolute Gasteiger partial charge is 0.133 e. The molecule has 4 nitrogen and oxygen atoms in total. The number of aliphatic hydroxyl groups is 1. The van der Waals surface area contributed by atoms with Gasteiger partial charge in [-0.05, 0) is 25.5 Å². The van der Waals surface area contributed by atoms with E-state index < -0.39 is 16.8 Å². The van der Waals surface area contributed by atoms with Crippen molar-refractivity contribution in [2.75, 3.05) is 26.9 Å². The van der Waals surface area contributed by atoms with Crippen molar-refractivity contribution in [1.82, 2.24) is 0 Å². The number of benzene rings is 1. The van der Waals surface area contributed by atoms with Crippen molar-refractivity contribution in [1.29, 1.82) is 0 Å². The maximum absolute atomic E-state index is 14.2. The second-order valence-corrected chi connectivity index (χ2v) is 5.18. The molecule has 1 aliphatic heterocycles. The van der Waals surface area contributed by atoms with Crippen LogP contribution in [0.3, 0.4) is 0 Å². The standard InChI is InChI=1S/C14H20FNO3/c1-13(17,14(8-16)6-7-19-9-14)12-10(15)4-3-5-11(12)18-2/h3-5,17H,6-9,16H2,1-2H3. The molecule has 106 valence electrons. The zero-order chi connectivity index (χ0) is 14.1. The Morgan fingerprint density at radius 3 is 2.84 bits per heavy atom. The van der Waals surface area contributed by atoms with Crippen LogP contribution in [0.5, 0.6) is 5.75 Å². The fourth-order valence-electron chi connectivity index (χ4n) is 2.76. The van der Waals surface area contributed by atoms with Crippen molar-refractivity contribution in [3.63, 3.8) is 0 Å². The van der Waals surface area contributed by atoms with Crippen LogP contribution in [0.15, 0.2) is 18.2 Å². The van der Waals surface area contributed by atoms with Crippen molar-refractivity contribution in [2.24, 2.45) is 11.1 Å². The van der Waals surface area contributed by atoms with Crippen LogP contribution in [-0.4, -0.2) is 32.0 Å². The van der Waals surface area contributed by atoms with Gasteiger partial charge in [0.25, 0.3) is 0 Å². The predicted octanol–water partition coefficient (Wildman–Crippen LogP) is 1.41. The minimum atomic E-state index is -1.45. The fourth-order valence-corrected chi connectivity index (χ4v) is 2.76. The number of nitrogens with two attached hydrogens (primary N) is 1. The van der Waals surface area contributed by atoms with Crippen LogP contribution in [-0.2, 0) is 10.3 Å². The number of halogens is 1. The Bertz CT molecular complexity index is 456. The van der Waals surface area contributed by atoms with E-state index in [2.05, 4.69) is 0 Å². The van der Waals surface area contributed by atoms with Crippen LogP contribution in [0.2, 0.25) is 0 Å². The summed E-state index contributed by atoms with van der Waals surface area (Å²) in [4.78, 5) is 0. The van der Waals surface area contributed by atoms with Crippen molar-refractivity contribution < 1.29 is 19.0 Å². The van der Waals surface area contributed by atoms with Gasteiger partial charge in [-0.3, -0.25) is 0 Å². The number of hydrogen-bond donors (Lipinski definition) is 2. The van der Waals surface area contributed by atoms with Gasteiger partial charge >= 0.3 is 0 Å². The molecule has 0 saturated carbocycles. The summed E-state index contributed by atoms with van der Waals surface area (Å²) in [6.07, 6.45) is 0.591. The highest BCUT2D eigenvalue weighted by Gasteiger charge is 2.52. The summed E-state index contributed by atoms with van der Waals surface area (Å²) < 4.78 is 24.7. The lowest BCUT2D eigenvalue weighted by Crippen LogP contribution is -2.49. The van der Waals surface area contributed by atoms with Crippen LogP contribution < -0.4 is 10.5 Å². The first-order chi connectivity index (χ1) is 8.98. The van der Waals surface area contributed by atoms with Crippen LogP contribution in [0, 0.1) is 11.2 Å². The van der Waals surface area contributed by atoms with Gasteiger partial charge in [0.05, 0.1) is 19.3 Å². The highest BCUT2D eigenvalue weighted by atomic mass is 19.1. The predicted molar refractivity (Wildman–Crippen MR) is 69.4 cm³/mol. The lowest BCUT2D eigenvalue weighted by molar-refractivity contribution is -0.0782. The van der Waals surface area contributed by atoms with Crippen molar-refractivity contribution in [3.8, 4) is 5.75 Å². The third-order valence-corrected chi connectivity index (χ3v) is 4.21. The molecule has 2 unspecified atom stereocenters. The highest BCUT2D eigenvalue weighted by molar-refractivity contribution is 5.40. The Kier molecular flexibility index (Phi) is 3.80. The van der Waals surface area contributed by atoms with E-state index >= 15 is 0 Å². The van der Waals surface area contributed by atoms with Gasteiger partial charge in [-0.2, -0.15) is 0 Å². The normalized spacial score (nSPS) is 26.2. The molecule has 0 aromatic heterocycles. The molecule has 1 heterocycles. The summed E-state index contributed by atoms with van der Waals surface area (Å²) in [6.45, 7) is 2.63. The summed E-state index contributed by atoms with van der Waals surface area (Å²) >= 11 is 0. The van der Waals surface area contributed by atoms with Crippen LogP contribution in [0.1, 0.15) is 18.9 Å². The molecule has 0 radical (unpaired) electrons. The van der Waals surface area contributed by atoms with E-state index in [1.54, 1.807) is 19.1 Å². The first-order valence-electron chi connectivity index (χ1n) is 6.32. The first kappa shape index (κ1) is 14.2. The van der Waals surface area contributed by atoms with Gasteiger partial charge in [-0.25, -0.2) is 4.39 Å². The maximum atomic E-state index is 14.2.